The molecule has 0 fully saturated rings. The molecule has 0 saturated heterocycles. The predicted octanol–water partition coefficient (Wildman–Crippen LogP) is 8.79. The molecule has 176 valence electrons. The summed E-state index contributed by atoms with van der Waals surface area (Å²) in [6, 6.07) is 0. The van der Waals surface area contributed by atoms with E-state index in [-0.39, 0.29) is 0 Å². The zero-order chi connectivity index (χ0) is 21.7. The smallest absolute Gasteiger partial charge is 0.235 e. The van der Waals surface area contributed by atoms with Crippen molar-refractivity contribution in [1.29, 1.82) is 0 Å². The van der Waals surface area contributed by atoms with Crippen LogP contribution in [0.2, 0.25) is 0 Å². The first-order valence-corrected chi connectivity index (χ1v) is 13.9. The van der Waals surface area contributed by atoms with Gasteiger partial charge in [0.15, 0.2) is 0 Å². The van der Waals surface area contributed by atoms with Crippen LogP contribution >= 0.6 is 0 Å². The zero-order valence-electron chi connectivity index (χ0n) is 21.1. The number of imidazole rings is 1. The molecule has 2 nitrogen and oxygen atoms in total. The molecule has 1 heterocycles. The molecule has 0 saturated carbocycles. The molecule has 0 amide bonds. The molecule has 1 rings (SSSR count). The number of aromatic nitrogens is 2. The maximum atomic E-state index is 2.55. The van der Waals surface area contributed by atoms with Gasteiger partial charge in [0.1, 0.15) is 12.4 Å². The third-order valence-electron chi connectivity index (χ3n) is 6.69. The van der Waals surface area contributed by atoms with Crippen LogP contribution in [0.1, 0.15) is 149 Å². The molecular weight excluding hydrogens is 364 g/mol. The average Bonchev–Trinajstić information content (AvgIpc) is 3.15. The zero-order valence-corrected chi connectivity index (χ0v) is 21.1. The second-order valence-corrected chi connectivity index (χ2v) is 9.45. The fourth-order valence-corrected chi connectivity index (χ4v) is 4.64. The summed E-state index contributed by atoms with van der Waals surface area (Å²) in [6.07, 6.45) is 32.9. The topological polar surface area (TPSA) is 8.81 Å². The third kappa shape index (κ3) is 13.5. The molecule has 0 aliphatic rings. The molecule has 0 aromatic carbocycles. The molecule has 0 N–H and O–H groups in total. The van der Waals surface area contributed by atoms with E-state index in [2.05, 4.69) is 42.3 Å². The first-order valence-electron chi connectivity index (χ1n) is 13.9. The lowest BCUT2D eigenvalue weighted by Gasteiger charge is -2.05. The summed E-state index contributed by atoms with van der Waals surface area (Å²) in [5.41, 5.74) is 0. The minimum atomic E-state index is 1.11. The van der Waals surface area contributed by atoms with Gasteiger partial charge in [0.2, 0.25) is 0 Å². The van der Waals surface area contributed by atoms with Gasteiger partial charge in [-0.05, 0) is 26.2 Å². The van der Waals surface area contributed by atoms with Crippen LogP contribution in [0.25, 0.3) is 0 Å². The lowest BCUT2D eigenvalue weighted by molar-refractivity contribution is -0.704. The number of aryl methyl sites for hydroxylation is 2. The third-order valence-corrected chi connectivity index (χ3v) is 6.69. The van der Waals surface area contributed by atoms with Crippen LogP contribution in [0.3, 0.4) is 0 Å². The Morgan fingerprint density at radius 1 is 0.567 bits per heavy atom. The van der Waals surface area contributed by atoms with Crippen molar-refractivity contribution in [2.75, 3.05) is 0 Å². The summed E-state index contributed by atoms with van der Waals surface area (Å²) >= 11 is 0. The molecule has 1 aromatic rings. The van der Waals surface area contributed by atoms with E-state index < -0.39 is 0 Å². The Bertz CT molecular complexity index is 477. The Morgan fingerprint density at radius 3 is 1.47 bits per heavy atom. The van der Waals surface area contributed by atoms with Crippen LogP contribution in [0.4, 0.5) is 0 Å². The second kappa shape index (κ2) is 20.1. The van der Waals surface area contributed by atoms with Gasteiger partial charge in [0.25, 0.3) is 5.82 Å². The Balaban J connectivity index is 2.02. The summed E-state index contributed by atoms with van der Waals surface area (Å²) in [6.45, 7) is 9.20. The first kappa shape index (κ1) is 27.2. The maximum absolute atomic E-state index is 2.55. The molecule has 0 radical (unpaired) electrons. The lowest BCUT2D eigenvalue weighted by Crippen LogP contribution is -2.37. The van der Waals surface area contributed by atoms with Crippen molar-refractivity contribution < 1.29 is 4.57 Å². The Morgan fingerprint density at radius 2 is 1.00 bits per heavy atom. The lowest BCUT2D eigenvalue weighted by atomic mass is 10.0. The van der Waals surface area contributed by atoms with Crippen molar-refractivity contribution in [3.63, 3.8) is 0 Å². The van der Waals surface area contributed by atoms with E-state index in [9.17, 15) is 0 Å². The van der Waals surface area contributed by atoms with Crippen molar-refractivity contribution in [3.05, 3.63) is 18.2 Å². The fourth-order valence-electron chi connectivity index (χ4n) is 4.64. The first-order chi connectivity index (χ1) is 14.8. The van der Waals surface area contributed by atoms with Gasteiger partial charge in [-0.1, -0.05) is 117 Å². The molecule has 2 heteroatoms. The summed E-state index contributed by atoms with van der Waals surface area (Å²) in [5, 5.41) is 0. The molecule has 1 aromatic heterocycles. The van der Waals surface area contributed by atoms with Gasteiger partial charge in [-0.3, -0.25) is 0 Å². The maximum Gasteiger partial charge on any atom is 0.256 e. The van der Waals surface area contributed by atoms with E-state index >= 15 is 0 Å². The summed E-state index contributed by atoms with van der Waals surface area (Å²) in [5.74, 6) is 1.56. The van der Waals surface area contributed by atoms with Crippen LogP contribution < -0.4 is 4.57 Å². The van der Waals surface area contributed by atoms with Crippen LogP contribution in [-0.4, -0.2) is 4.57 Å². The van der Waals surface area contributed by atoms with Crippen LogP contribution in [0.5, 0.6) is 0 Å². The molecule has 0 bridgehead atoms. The van der Waals surface area contributed by atoms with Gasteiger partial charge in [0, 0.05) is 6.42 Å². The SMILES string of the molecule is CCCCCCCCCCCCCCCC[n+]1ccn(CC)c1CCCCCCC. The molecule has 30 heavy (non-hydrogen) atoms. The Labute approximate surface area is 189 Å². The second-order valence-electron chi connectivity index (χ2n) is 9.45. The highest BCUT2D eigenvalue weighted by atomic mass is 15.1. The largest absolute Gasteiger partial charge is 0.256 e. The van der Waals surface area contributed by atoms with Crippen molar-refractivity contribution in [1.82, 2.24) is 4.57 Å². The highest BCUT2D eigenvalue weighted by molar-refractivity contribution is 4.83. The molecule has 0 atom stereocenters. The van der Waals surface area contributed by atoms with Crippen molar-refractivity contribution in [3.8, 4) is 0 Å². The van der Waals surface area contributed by atoms with Crippen LogP contribution in [0, 0.1) is 0 Å². The van der Waals surface area contributed by atoms with Gasteiger partial charge < -0.3 is 0 Å². The number of hydrogen-bond donors (Lipinski definition) is 0. The normalized spacial score (nSPS) is 11.4. The van der Waals surface area contributed by atoms with Gasteiger partial charge in [0.05, 0.1) is 13.1 Å². The van der Waals surface area contributed by atoms with E-state index in [1.165, 1.54) is 135 Å². The molecule has 0 spiro atoms. The van der Waals surface area contributed by atoms with Crippen molar-refractivity contribution >= 4 is 0 Å². The highest BCUT2D eigenvalue weighted by Crippen LogP contribution is 2.13. The van der Waals surface area contributed by atoms with Gasteiger partial charge in [-0.2, -0.15) is 0 Å². The molecule has 0 aliphatic heterocycles. The van der Waals surface area contributed by atoms with E-state index in [0.717, 1.165) is 6.54 Å². The van der Waals surface area contributed by atoms with Crippen LogP contribution in [0.15, 0.2) is 12.4 Å². The predicted molar refractivity (Wildman–Crippen MR) is 133 cm³/mol. The Kier molecular flexibility index (Phi) is 18.3. The van der Waals surface area contributed by atoms with E-state index in [4.69, 9.17) is 0 Å². The van der Waals surface area contributed by atoms with Crippen molar-refractivity contribution in [2.24, 2.45) is 0 Å². The van der Waals surface area contributed by atoms with Crippen LogP contribution in [-0.2, 0) is 19.5 Å². The quantitative estimate of drug-likeness (QED) is 0.131. The highest BCUT2D eigenvalue weighted by Gasteiger charge is 2.15. The summed E-state index contributed by atoms with van der Waals surface area (Å²) in [4.78, 5) is 0. The van der Waals surface area contributed by atoms with E-state index in [1.807, 2.05) is 0 Å². The van der Waals surface area contributed by atoms with E-state index in [1.54, 1.807) is 5.82 Å². The average molecular weight is 420 g/mol. The Hall–Kier alpha value is -0.790. The molecule has 0 aliphatic carbocycles. The number of unbranched alkanes of at least 4 members (excludes halogenated alkanes) is 17. The minimum absolute atomic E-state index is 1.11. The van der Waals surface area contributed by atoms with E-state index in [0.29, 0.717) is 0 Å². The standard InChI is InChI=1S/C28H55N2/c1-4-7-9-11-12-13-14-15-16-17-18-19-21-23-25-30-27-26-29(6-3)28(30)24-22-20-10-8-5-2/h26-27H,4-25H2,1-3H3/q+1. The fraction of sp³-hybridized carbons (Fsp3) is 0.893. The molecular formula is C28H55N2+. The molecule has 0 unspecified atom stereocenters. The number of hydrogen-bond acceptors (Lipinski definition) is 0. The monoisotopic (exact) mass is 419 g/mol. The van der Waals surface area contributed by atoms with Gasteiger partial charge >= 0.3 is 0 Å². The minimum Gasteiger partial charge on any atom is -0.235 e. The summed E-state index contributed by atoms with van der Waals surface area (Å²) < 4.78 is 5.01. The van der Waals surface area contributed by atoms with Gasteiger partial charge in [-0.15, -0.1) is 0 Å². The number of nitrogens with zero attached hydrogens (tertiary/aromatic N) is 2. The van der Waals surface area contributed by atoms with Gasteiger partial charge in [-0.25, -0.2) is 9.13 Å². The number of rotatable bonds is 22. The summed E-state index contributed by atoms with van der Waals surface area (Å²) in [7, 11) is 0. The van der Waals surface area contributed by atoms with Crippen molar-refractivity contribution in [2.45, 2.75) is 162 Å².